The summed E-state index contributed by atoms with van der Waals surface area (Å²) in [6.07, 6.45) is 5.18. The van der Waals surface area contributed by atoms with Crippen LogP contribution < -0.4 is 10.6 Å². The molecule has 1 amide bonds. The monoisotopic (exact) mass is 394 g/mol. The van der Waals surface area contributed by atoms with Gasteiger partial charge in [-0.3, -0.25) is 9.89 Å². The van der Waals surface area contributed by atoms with E-state index in [-0.39, 0.29) is 11.3 Å². The minimum atomic E-state index is -0.335. The third-order valence-corrected chi connectivity index (χ3v) is 5.42. The van der Waals surface area contributed by atoms with Crippen molar-refractivity contribution in [3.63, 3.8) is 0 Å². The van der Waals surface area contributed by atoms with Crippen LogP contribution in [0.25, 0.3) is 10.9 Å². The molecule has 3 N–H and O–H groups in total. The first-order valence-corrected chi connectivity index (χ1v) is 9.65. The number of pyridine rings is 1. The first-order valence-electron chi connectivity index (χ1n) is 9.65. The maximum atomic E-state index is 12.9. The molecule has 5 rings (SSSR count). The SMILES string of the molecule is N#CC1(c2ccc(NC(=O)c3cccnc3Nc3ccc4cn[nH]c4c3)cc2)CC1. The van der Waals surface area contributed by atoms with Gasteiger partial charge in [0, 0.05) is 23.0 Å². The zero-order chi connectivity index (χ0) is 20.6. The number of nitrogens with one attached hydrogen (secondary N) is 3. The lowest BCUT2D eigenvalue weighted by atomic mass is 9.98. The predicted octanol–water partition coefficient (Wildman–Crippen LogP) is 4.51. The Morgan fingerprint density at radius 2 is 1.90 bits per heavy atom. The van der Waals surface area contributed by atoms with E-state index < -0.39 is 0 Å². The van der Waals surface area contributed by atoms with Gasteiger partial charge in [-0.1, -0.05) is 12.1 Å². The second-order valence-corrected chi connectivity index (χ2v) is 7.42. The van der Waals surface area contributed by atoms with Crippen molar-refractivity contribution in [2.24, 2.45) is 0 Å². The number of aromatic nitrogens is 3. The molecule has 0 atom stereocenters. The lowest BCUT2D eigenvalue weighted by Gasteiger charge is -2.12. The van der Waals surface area contributed by atoms with Crippen LogP contribution in [0.5, 0.6) is 0 Å². The van der Waals surface area contributed by atoms with E-state index in [9.17, 15) is 10.1 Å². The van der Waals surface area contributed by atoms with Gasteiger partial charge in [0.25, 0.3) is 5.91 Å². The van der Waals surface area contributed by atoms with Crippen molar-refractivity contribution in [2.45, 2.75) is 18.3 Å². The third kappa shape index (κ3) is 3.25. The Labute approximate surface area is 172 Å². The molecule has 0 bridgehead atoms. The molecule has 1 aliphatic carbocycles. The van der Waals surface area contributed by atoms with Crippen LogP contribution in [0.4, 0.5) is 17.2 Å². The number of hydrogen-bond donors (Lipinski definition) is 3. The maximum absolute atomic E-state index is 12.9. The molecule has 0 unspecified atom stereocenters. The second kappa shape index (κ2) is 7.01. The molecule has 30 heavy (non-hydrogen) atoms. The number of rotatable bonds is 5. The van der Waals surface area contributed by atoms with E-state index in [1.165, 1.54) is 0 Å². The maximum Gasteiger partial charge on any atom is 0.259 e. The quantitative estimate of drug-likeness (QED) is 0.462. The highest BCUT2D eigenvalue weighted by Crippen LogP contribution is 2.47. The van der Waals surface area contributed by atoms with Gasteiger partial charge in [-0.2, -0.15) is 10.4 Å². The van der Waals surface area contributed by atoms with Gasteiger partial charge in [-0.15, -0.1) is 0 Å². The number of carbonyl (C=O) groups is 1. The number of amides is 1. The van der Waals surface area contributed by atoms with Crippen LogP contribution in [0.2, 0.25) is 0 Å². The first-order chi connectivity index (χ1) is 14.7. The molecule has 7 nitrogen and oxygen atoms in total. The highest BCUT2D eigenvalue weighted by atomic mass is 16.1. The van der Waals surface area contributed by atoms with Gasteiger partial charge in [0.2, 0.25) is 0 Å². The van der Waals surface area contributed by atoms with Crippen LogP contribution in [0.3, 0.4) is 0 Å². The van der Waals surface area contributed by atoms with Gasteiger partial charge in [0.05, 0.1) is 28.8 Å². The van der Waals surface area contributed by atoms with E-state index in [1.54, 1.807) is 24.5 Å². The largest absolute Gasteiger partial charge is 0.340 e. The Hall–Kier alpha value is -4.18. The summed E-state index contributed by atoms with van der Waals surface area (Å²) < 4.78 is 0. The third-order valence-electron chi connectivity index (χ3n) is 5.42. The zero-order valence-corrected chi connectivity index (χ0v) is 16.0. The highest BCUT2D eigenvalue weighted by molar-refractivity contribution is 6.07. The predicted molar refractivity (Wildman–Crippen MR) is 115 cm³/mol. The number of nitriles is 1. The fourth-order valence-corrected chi connectivity index (χ4v) is 3.50. The van der Waals surface area contributed by atoms with Crippen molar-refractivity contribution in [1.82, 2.24) is 15.2 Å². The molecule has 146 valence electrons. The number of anilines is 3. The molecule has 0 radical (unpaired) electrons. The van der Waals surface area contributed by atoms with Crippen molar-refractivity contribution in [3.05, 3.63) is 78.1 Å². The zero-order valence-electron chi connectivity index (χ0n) is 16.0. The van der Waals surface area contributed by atoms with Crippen molar-refractivity contribution in [1.29, 1.82) is 5.26 Å². The Morgan fingerprint density at radius 3 is 2.67 bits per heavy atom. The van der Waals surface area contributed by atoms with E-state index >= 15 is 0 Å². The van der Waals surface area contributed by atoms with E-state index in [0.717, 1.165) is 35.0 Å². The lowest BCUT2D eigenvalue weighted by molar-refractivity contribution is 0.102. The molecule has 7 heteroatoms. The van der Waals surface area contributed by atoms with Crippen LogP contribution in [0.15, 0.2) is 67.0 Å². The Balaban J connectivity index is 1.35. The van der Waals surface area contributed by atoms with Crippen molar-refractivity contribution in [2.75, 3.05) is 10.6 Å². The molecular formula is C23H18N6O. The smallest absolute Gasteiger partial charge is 0.259 e. The summed E-state index contributed by atoms with van der Waals surface area (Å²) in [4.78, 5) is 17.2. The number of H-pyrrole nitrogens is 1. The van der Waals surface area contributed by atoms with E-state index in [2.05, 4.69) is 31.9 Å². The highest BCUT2D eigenvalue weighted by Gasteiger charge is 2.44. The molecule has 1 fully saturated rings. The fraction of sp³-hybridized carbons (Fsp3) is 0.130. The van der Waals surface area contributed by atoms with E-state index in [1.807, 2.05) is 42.5 Å². The van der Waals surface area contributed by atoms with Crippen LogP contribution in [0.1, 0.15) is 28.8 Å². The number of benzene rings is 2. The van der Waals surface area contributed by atoms with Crippen LogP contribution in [0, 0.1) is 11.3 Å². The summed E-state index contributed by atoms with van der Waals surface area (Å²) >= 11 is 0. The molecule has 2 aromatic heterocycles. The van der Waals surface area contributed by atoms with Gasteiger partial charge in [0.15, 0.2) is 0 Å². The van der Waals surface area contributed by atoms with Gasteiger partial charge in [-0.25, -0.2) is 4.98 Å². The molecule has 2 heterocycles. The molecule has 0 aliphatic heterocycles. The molecular weight excluding hydrogens is 376 g/mol. The Kier molecular flexibility index (Phi) is 4.18. The minimum absolute atomic E-state index is 0.262. The number of nitrogens with zero attached hydrogens (tertiary/aromatic N) is 3. The number of fused-ring (bicyclic) bond motifs is 1. The summed E-state index contributed by atoms with van der Waals surface area (Å²) in [7, 11) is 0. The normalized spacial score (nSPS) is 14.1. The van der Waals surface area contributed by atoms with Gasteiger partial charge < -0.3 is 10.6 Å². The lowest BCUT2D eigenvalue weighted by Crippen LogP contribution is -2.15. The topological polar surface area (TPSA) is 106 Å². The molecule has 0 saturated heterocycles. The van der Waals surface area contributed by atoms with E-state index in [0.29, 0.717) is 17.1 Å². The fourth-order valence-electron chi connectivity index (χ4n) is 3.50. The van der Waals surface area contributed by atoms with Crippen molar-refractivity contribution < 1.29 is 4.79 Å². The summed E-state index contributed by atoms with van der Waals surface area (Å²) in [6, 6.07) is 19.1. The van der Waals surface area contributed by atoms with E-state index in [4.69, 9.17) is 0 Å². The standard InChI is InChI=1S/C23H18N6O/c24-14-23(9-10-23)16-4-7-17(8-5-16)28-22(30)19-2-1-11-25-21(19)27-18-6-3-15-13-26-29-20(15)12-18/h1-8,11-13H,9-10H2,(H,25,27)(H,26,29)(H,28,30). The second-order valence-electron chi connectivity index (χ2n) is 7.42. The van der Waals surface area contributed by atoms with Crippen LogP contribution in [-0.2, 0) is 5.41 Å². The average molecular weight is 394 g/mol. The van der Waals surface area contributed by atoms with Crippen molar-refractivity contribution in [3.8, 4) is 6.07 Å². The summed E-state index contributed by atoms with van der Waals surface area (Å²) in [6.45, 7) is 0. The summed E-state index contributed by atoms with van der Waals surface area (Å²) in [5.74, 6) is 0.203. The van der Waals surface area contributed by atoms with Gasteiger partial charge >= 0.3 is 0 Å². The number of aromatic amines is 1. The van der Waals surface area contributed by atoms with Crippen LogP contribution in [-0.4, -0.2) is 21.1 Å². The molecule has 4 aromatic rings. The molecule has 1 aliphatic rings. The van der Waals surface area contributed by atoms with Gasteiger partial charge in [-0.05, 0) is 60.9 Å². The Morgan fingerprint density at radius 1 is 1.10 bits per heavy atom. The first kappa shape index (κ1) is 17.9. The molecule has 1 saturated carbocycles. The molecule has 2 aromatic carbocycles. The molecule has 0 spiro atoms. The van der Waals surface area contributed by atoms with Gasteiger partial charge in [0.1, 0.15) is 5.82 Å². The minimum Gasteiger partial charge on any atom is -0.340 e. The summed E-state index contributed by atoms with van der Waals surface area (Å²) in [5, 5.41) is 23.4. The summed E-state index contributed by atoms with van der Waals surface area (Å²) in [5.41, 5.74) is 3.47. The number of carbonyl (C=O) groups excluding carboxylic acids is 1. The Bertz CT molecular complexity index is 1280. The number of hydrogen-bond acceptors (Lipinski definition) is 5. The van der Waals surface area contributed by atoms with Crippen LogP contribution >= 0.6 is 0 Å². The average Bonchev–Trinajstić information content (AvgIpc) is 3.44. The van der Waals surface area contributed by atoms with Crippen molar-refractivity contribution >= 4 is 34.0 Å².